The molecule has 1 aliphatic heterocycles. The standard InChI is InChI=1S/C14H25N3OS/c1-6-7-15-12(11-9-19-17-16-11)10-8-13(2,3)18-14(10,4)5/h9-10,12,15H,6-8H2,1-5H3. The Hall–Kier alpha value is -0.520. The van der Waals surface area contributed by atoms with Crippen molar-refractivity contribution in [1.82, 2.24) is 14.9 Å². The van der Waals surface area contributed by atoms with Crippen molar-refractivity contribution in [2.75, 3.05) is 6.54 Å². The predicted molar refractivity (Wildman–Crippen MR) is 78.3 cm³/mol. The van der Waals surface area contributed by atoms with Crippen molar-refractivity contribution < 1.29 is 4.74 Å². The minimum atomic E-state index is -0.140. The molecular weight excluding hydrogens is 258 g/mol. The first-order chi connectivity index (χ1) is 8.86. The molecule has 1 aromatic rings. The van der Waals surface area contributed by atoms with Gasteiger partial charge in [-0.15, -0.1) is 5.10 Å². The molecule has 1 fully saturated rings. The van der Waals surface area contributed by atoms with E-state index in [9.17, 15) is 0 Å². The van der Waals surface area contributed by atoms with Crippen LogP contribution in [0, 0.1) is 5.92 Å². The molecule has 2 atom stereocenters. The Morgan fingerprint density at radius 3 is 2.68 bits per heavy atom. The Labute approximate surface area is 120 Å². The minimum Gasteiger partial charge on any atom is -0.369 e. The average Bonchev–Trinajstić information content (AvgIpc) is 2.86. The summed E-state index contributed by atoms with van der Waals surface area (Å²) in [4.78, 5) is 0. The van der Waals surface area contributed by atoms with Gasteiger partial charge in [0.05, 0.1) is 22.9 Å². The fraction of sp³-hybridized carbons (Fsp3) is 0.857. The first kappa shape index (κ1) is 14.9. The second-order valence-corrected chi connectivity index (χ2v) is 7.15. The zero-order valence-electron chi connectivity index (χ0n) is 12.6. The summed E-state index contributed by atoms with van der Waals surface area (Å²) in [5.74, 6) is 0.415. The van der Waals surface area contributed by atoms with Crippen LogP contribution in [0.2, 0.25) is 0 Å². The maximum absolute atomic E-state index is 6.22. The first-order valence-corrected chi connectivity index (χ1v) is 7.90. The Morgan fingerprint density at radius 1 is 1.47 bits per heavy atom. The molecule has 2 heterocycles. The first-order valence-electron chi connectivity index (χ1n) is 7.06. The molecule has 0 bridgehead atoms. The SMILES string of the molecule is CCCNC(c1csnn1)C1CC(C)(C)OC1(C)C. The van der Waals surface area contributed by atoms with Gasteiger partial charge in [-0.1, -0.05) is 11.4 Å². The molecule has 1 aliphatic rings. The molecule has 0 radical (unpaired) electrons. The fourth-order valence-corrected chi connectivity index (χ4v) is 3.67. The molecule has 1 aromatic heterocycles. The van der Waals surface area contributed by atoms with E-state index in [1.54, 1.807) is 0 Å². The molecule has 2 unspecified atom stereocenters. The summed E-state index contributed by atoms with van der Waals surface area (Å²) in [6.07, 6.45) is 2.16. The summed E-state index contributed by atoms with van der Waals surface area (Å²) in [5, 5.41) is 9.96. The number of hydrogen-bond acceptors (Lipinski definition) is 5. The van der Waals surface area contributed by atoms with Gasteiger partial charge in [-0.2, -0.15) is 0 Å². The number of rotatable bonds is 5. The third-order valence-electron chi connectivity index (χ3n) is 3.86. The summed E-state index contributed by atoms with van der Waals surface area (Å²) < 4.78 is 10.2. The predicted octanol–water partition coefficient (Wildman–Crippen LogP) is 3.17. The Morgan fingerprint density at radius 2 is 2.21 bits per heavy atom. The van der Waals surface area contributed by atoms with Crippen LogP contribution in [0.3, 0.4) is 0 Å². The summed E-state index contributed by atoms with van der Waals surface area (Å²) in [5.41, 5.74) is 0.847. The van der Waals surface area contributed by atoms with E-state index < -0.39 is 0 Å². The molecule has 0 aromatic carbocycles. The van der Waals surface area contributed by atoms with Crippen molar-refractivity contribution in [3.8, 4) is 0 Å². The highest BCUT2D eigenvalue weighted by Gasteiger charge is 2.49. The van der Waals surface area contributed by atoms with Gasteiger partial charge in [0, 0.05) is 11.3 Å². The molecule has 2 rings (SSSR count). The lowest BCUT2D eigenvalue weighted by Crippen LogP contribution is -2.39. The highest BCUT2D eigenvalue weighted by atomic mass is 32.1. The number of nitrogens with zero attached hydrogens (tertiary/aromatic N) is 2. The van der Waals surface area contributed by atoms with Crippen LogP contribution >= 0.6 is 11.5 Å². The van der Waals surface area contributed by atoms with Crippen molar-refractivity contribution in [2.24, 2.45) is 5.92 Å². The van der Waals surface area contributed by atoms with Gasteiger partial charge in [0.2, 0.25) is 0 Å². The van der Waals surface area contributed by atoms with Crippen LogP contribution in [0.5, 0.6) is 0 Å². The molecule has 4 nitrogen and oxygen atoms in total. The molecular formula is C14H25N3OS. The van der Waals surface area contributed by atoms with E-state index in [-0.39, 0.29) is 17.2 Å². The molecule has 108 valence electrons. The molecule has 19 heavy (non-hydrogen) atoms. The van der Waals surface area contributed by atoms with E-state index in [1.807, 2.05) is 0 Å². The Kier molecular flexibility index (Phi) is 4.28. The van der Waals surface area contributed by atoms with Crippen LogP contribution in [-0.2, 0) is 4.74 Å². The van der Waals surface area contributed by atoms with Crippen LogP contribution in [0.1, 0.15) is 59.2 Å². The lowest BCUT2D eigenvalue weighted by molar-refractivity contribution is -0.0780. The maximum Gasteiger partial charge on any atom is 0.0928 e. The van der Waals surface area contributed by atoms with Gasteiger partial charge in [-0.05, 0) is 58.6 Å². The Bertz CT molecular complexity index is 403. The number of hydrogen-bond donors (Lipinski definition) is 1. The van der Waals surface area contributed by atoms with Crippen molar-refractivity contribution >= 4 is 11.5 Å². The molecule has 0 spiro atoms. The molecule has 0 amide bonds. The van der Waals surface area contributed by atoms with Gasteiger partial charge >= 0.3 is 0 Å². The number of ether oxygens (including phenoxy) is 1. The van der Waals surface area contributed by atoms with Crippen molar-refractivity contribution in [2.45, 2.75) is 64.7 Å². The molecule has 0 aliphatic carbocycles. The highest BCUT2D eigenvalue weighted by Crippen LogP contribution is 2.47. The molecule has 1 N–H and O–H groups in total. The summed E-state index contributed by atoms with van der Waals surface area (Å²) in [6, 6.07) is 0.232. The van der Waals surface area contributed by atoms with Crippen molar-refractivity contribution in [1.29, 1.82) is 0 Å². The van der Waals surface area contributed by atoms with E-state index >= 15 is 0 Å². The fourth-order valence-electron chi connectivity index (χ4n) is 3.18. The summed E-state index contributed by atoms with van der Waals surface area (Å²) in [6.45, 7) is 11.9. The largest absolute Gasteiger partial charge is 0.369 e. The van der Waals surface area contributed by atoms with Crippen LogP contribution in [-0.4, -0.2) is 27.3 Å². The van der Waals surface area contributed by atoms with Gasteiger partial charge in [0.15, 0.2) is 0 Å². The van der Waals surface area contributed by atoms with Gasteiger partial charge < -0.3 is 10.1 Å². The number of aromatic nitrogens is 2. The van der Waals surface area contributed by atoms with Gasteiger partial charge in [-0.25, -0.2) is 0 Å². The second kappa shape index (κ2) is 5.46. The lowest BCUT2D eigenvalue weighted by Gasteiger charge is -2.32. The minimum absolute atomic E-state index is 0.0657. The topological polar surface area (TPSA) is 47.0 Å². The van der Waals surface area contributed by atoms with Crippen LogP contribution < -0.4 is 5.32 Å². The third kappa shape index (κ3) is 3.33. The second-order valence-electron chi connectivity index (χ2n) is 6.54. The zero-order valence-corrected chi connectivity index (χ0v) is 13.4. The number of nitrogens with one attached hydrogen (secondary N) is 1. The van der Waals surface area contributed by atoms with E-state index in [4.69, 9.17) is 4.74 Å². The maximum atomic E-state index is 6.22. The van der Waals surface area contributed by atoms with E-state index in [0.29, 0.717) is 5.92 Å². The third-order valence-corrected chi connectivity index (χ3v) is 4.38. The monoisotopic (exact) mass is 283 g/mol. The smallest absolute Gasteiger partial charge is 0.0928 e. The Balaban J connectivity index is 2.23. The van der Waals surface area contributed by atoms with Crippen LogP contribution in [0.25, 0.3) is 0 Å². The zero-order chi connectivity index (χ0) is 14.1. The van der Waals surface area contributed by atoms with Crippen molar-refractivity contribution in [3.05, 3.63) is 11.1 Å². The summed E-state index contributed by atoms with van der Waals surface area (Å²) >= 11 is 1.42. The normalized spacial score (nSPS) is 26.5. The highest BCUT2D eigenvalue weighted by molar-refractivity contribution is 7.03. The van der Waals surface area contributed by atoms with Gasteiger partial charge in [0.1, 0.15) is 0 Å². The van der Waals surface area contributed by atoms with E-state index in [1.165, 1.54) is 11.5 Å². The molecule has 1 saturated heterocycles. The molecule has 0 saturated carbocycles. The van der Waals surface area contributed by atoms with E-state index in [0.717, 1.165) is 25.1 Å². The quantitative estimate of drug-likeness (QED) is 0.901. The van der Waals surface area contributed by atoms with Gasteiger partial charge in [-0.3, -0.25) is 0 Å². The van der Waals surface area contributed by atoms with Gasteiger partial charge in [0.25, 0.3) is 0 Å². The van der Waals surface area contributed by atoms with Crippen molar-refractivity contribution in [3.63, 3.8) is 0 Å². The average molecular weight is 283 g/mol. The summed E-state index contributed by atoms with van der Waals surface area (Å²) in [7, 11) is 0. The van der Waals surface area contributed by atoms with Crippen LogP contribution in [0.15, 0.2) is 5.38 Å². The molecule has 5 heteroatoms. The van der Waals surface area contributed by atoms with Crippen LogP contribution in [0.4, 0.5) is 0 Å². The lowest BCUT2D eigenvalue weighted by atomic mass is 9.80. The van der Waals surface area contributed by atoms with E-state index in [2.05, 4.69) is 54.9 Å².